The third-order valence-electron chi connectivity index (χ3n) is 3.33. The van der Waals surface area contributed by atoms with Gasteiger partial charge >= 0.3 is 0 Å². The quantitative estimate of drug-likeness (QED) is 0.876. The Bertz CT molecular complexity index is 560. The Kier molecular flexibility index (Phi) is 3.95. The summed E-state index contributed by atoms with van der Waals surface area (Å²) in [7, 11) is 2.12. The van der Waals surface area contributed by atoms with E-state index in [0.29, 0.717) is 18.4 Å². The van der Waals surface area contributed by atoms with Crippen molar-refractivity contribution in [3.05, 3.63) is 10.4 Å². The van der Waals surface area contributed by atoms with E-state index in [2.05, 4.69) is 32.0 Å². The van der Waals surface area contributed by atoms with E-state index in [1.807, 2.05) is 5.38 Å². The minimum atomic E-state index is 0.485. The van der Waals surface area contributed by atoms with Gasteiger partial charge in [-0.15, -0.1) is 11.3 Å². The van der Waals surface area contributed by atoms with Crippen LogP contribution in [0.4, 0.5) is 5.95 Å². The molecule has 0 aromatic carbocycles. The maximum absolute atomic E-state index is 5.53. The molecule has 0 amide bonds. The molecule has 7 nitrogen and oxygen atoms in total. The van der Waals surface area contributed by atoms with Crippen molar-refractivity contribution in [1.29, 1.82) is 0 Å². The molecule has 0 radical (unpaired) electrons. The van der Waals surface area contributed by atoms with Crippen molar-refractivity contribution in [3.8, 4) is 11.6 Å². The maximum Gasteiger partial charge on any atom is 0.278 e. The van der Waals surface area contributed by atoms with Crippen molar-refractivity contribution in [2.45, 2.75) is 6.42 Å². The molecule has 0 unspecified atom stereocenters. The molecule has 1 aliphatic heterocycles. The van der Waals surface area contributed by atoms with E-state index in [1.165, 1.54) is 0 Å². The molecule has 8 heteroatoms. The molecule has 1 saturated heterocycles. The maximum atomic E-state index is 5.53. The Morgan fingerprint density at radius 3 is 2.85 bits per heavy atom. The Morgan fingerprint density at radius 2 is 2.10 bits per heavy atom. The van der Waals surface area contributed by atoms with Crippen molar-refractivity contribution in [1.82, 2.24) is 20.0 Å². The summed E-state index contributed by atoms with van der Waals surface area (Å²) in [6.45, 7) is 4.47. The Balaban J connectivity index is 1.72. The summed E-state index contributed by atoms with van der Waals surface area (Å²) < 4.78 is 5.32. The SMILES string of the molecule is CN1CCN(c2noc(-c3csc(CCN)n3)n2)CC1. The molecule has 0 bridgehead atoms. The number of hydrogen-bond acceptors (Lipinski definition) is 8. The predicted molar refractivity (Wildman–Crippen MR) is 77.9 cm³/mol. The molecule has 0 atom stereocenters. The first-order valence-electron chi connectivity index (χ1n) is 6.68. The van der Waals surface area contributed by atoms with Crippen LogP contribution in [0.1, 0.15) is 5.01 Å². The number of anilines is 1. The number of rotatable bonds is 4. The van der Waals surface area contributed by atoms with Crippen LogP contribution >= 0.6 is 11.3 Å². The number of hydrogen-bond donors (Lipinski definition) is 1. The summed E-state index contributed by atoms with van der Waals surface area (Å²) in [6, 6.07) is 0. The van der Waals surface area contributed by atoms with E-state index < -0.39 is 0 Å². The van der Waals surface area contributed by atoms with Crippen LogP contribution in [0.5, 0.6) is 0 Å². The van der Waals surface area contributed by atoms with Gasteiger partial charge in [0, 0.05) is 38.0 Å². The number of aromatic nitrogens is 3. The summed E-state index contributed by atoms with van der Waals surface area (Å²) in [5.41, 5.74) is 6.27. The van der Waals surface area contributed by atoms with Gasteiger partial charge in [-0.05, 0) is 18.7 Å². The third-order valence-corrected chi connectivity index (χ3v) is 4.24. The minimum absolute atomic E-state index is 0.485. The molecule has 1 fully saturated rings. The fraction of sp³-hybridized carbons (Fsp3) is 0.583. The molecule has 3 rings (SSSR count). The lowest BCUT2D eigenvalue weighted by Crippen LogP contribution is -2.44. The smallest absolute Gasteiger partial charge is 0.278 e. The summed E-state index contributed by atoms with van der Waals surface area (Å²) >= 11 is 1.57. The van der Waals surface area contributed by atoms with Gasteiger partial charge < -0.3 is 20.1 Å². The molecule has 2 aromatic heterocycles. The third kappa shape index (κ3) is 2.82. The van der Waals surface area contributed by atoms with E-state index in [9.17, 15) is 0 Å². The van der Waals surface area contributed by atoms with Gasteiger partial charge in [-0.25, -0.2) is 4.98 Å². The normalized spacial score (nSPS) is 16.8. The van der Waals surface area contributed by atoms with Crippen LogP contribution < -0.4 is 10.6 Å². The molecule has 108 valence electrons. The van der Waals surface area contributed by atoms with Gasteiger partial charge in [-0.1, -0.05) is 0 Å². The fourth-order valence-corrected chi connectivity index (χ4v) is 2.89. The van der Waals surface area contributed by atoms with Gasteiger partial charge in [-0.3, -0.25) is 0 Å². The zero-order valence-corrected chi connectivity index (χ0v) is 12.3. The van der Waals surface area contributed by atoms with Gasteiger partial charge in [0.15, 0.2) is 0 Å². The lowest BCUT2D eigenvalue weighted by molar-refractivity contribution is 0.309. The number of nitrogens with zero attached hydrogens (tertiary/aromatic N) is 5. The molecule has 3 heterocycles. The monoisotopic (exact) mass is 294 g/mol. The van der Waals surface area contributed by atoms with E-state index >= 15 is 0 Å². The highest BCUT2D eigenvalue weighted by Crippen LogP contribution is 2.23. The summed E-state index contributed by atoms with van der Waals surface area (Å²) in [5, 5.41) is 7.00. The fourth-order valence-electron chi connectivity index (χ4n) is 2.10. The van der Waals surface area contributed by atoms with Crippen LogP contribution in [-0.4, -0.2) is 59.8 Å². The van der Waals surface area contributed by atoms with Crippen molar-refractivity contribution in [2.24, 2.45) is 5.73 Å². The van der Waals surface area contributed by atoms with Crippen molar-refractivity contribution in [3.63, 3.8) is 0 Å². The van der Waals surface area contributed by atoms with Crippen LogP contribution in [0.25, 0.3) is 11.6 Å². The number of nitrogens with two attached hydrogens (primary N) is 1. The average Bonchev–Trinajstić information content (AvgIpc) is 3.08. The summed E-state index contributed by atoms with van der Waals surface area (Å²) in [6.07, 6.45) is 0.782. The predicted octanol–water partition coefficient (Wildman–Crippen LogP) is 0.446. The first kappa shape index (κ1) is 13.5. The zero-order valence-electron chi connectivity index (χ0n) is 11.4. The largest absolute Gasteiger partial charge is 0.336 e. The molecule has 0 saturated carbocycles. The highest BCUT2D eigenvalue weighted by atomic mass is 32.1. The number of thiazole rings is 1. The zero-order chi connectivity index (χ0) is 13.9. The van der Waals surface area contributed by atoms with E-state index in [4.69, 9.17) is 10.3 Å². The van der Waals surface area contributed by atoms with E-state index in [0.717, 1.165) is 43.3 Å². The van der Waals surface area contributed by atoms with Crippen molar-refractivity contribution in [2.75, 3.05) is 44.7 Å². The van der Waals surface area contributed by atoms with Crippen molar-refractivity contribution < 1.29 is 4.52 Å². The van der Waals surface area contributed by atoms with Gasteiger partial charge in [-0.2, -0.15) is 4.98 Å². The van der Waals surface area contributed by atoms with E-state index in [1.54, 1.807) is 11.3 Å². The topological polar surface area (TPSA) is 84.3 Å². The van der Waals surface area contributed by atoms with Crippen LogP contribution in [0.15, 0.2) is 9.90 Å². The van der Waals surface area contributed by atoms with Crippen LogP contribution in [0, 0.1) is 0 Å². The molecular weight excluding hydrogens is 276 g/mol. The first-order chi connectivity index (χ1) is 9.76. The molecule has 0 aliphatic carbocycles. The number of likely N-dealkylation sites (N-methyl/N-ethyl adjacent to an activating group) is 1. The molecule has 20 heavy (non-hydrogen) atoms. The highest BCUT2D eigenvalue weighted by molar-refractivity contribution is 7.09. The standard InChI is InChI=1S/C12H18N6OS/c1-17-4-6-18(7-5-17)12-15-11(19-16-12)9-8-20-10(14-9)2-3-13/h8H,2-7,13H2,1H3. The lowest BCUT2D eigenvalue weighted by atomic mass is 10.3. The molecule has 2 N–H and O–H groups in total. The summed E-state index contributed by atoms with van der Waals surface area (Å²) in [5.74, 6) is 1.14. The highest BCUT2D eigenvalue weighted by Gasteiger charge is 2.20. The van der Waals surface area contributed by atoms with E-state index in [-0.39, 0.29) is 0 Å². The Morgan fingerprint density at radius 1 is 1.30 bits per heavy atom. The Labute approximate surface area is 121 Å². The number of piperazine rings is 1. The molecule has 1 aliphatic rings. The second kappa shape index (κ2) is 5.86. The van der Waals surface area contributed by atoms with Crippen LogP contribution in [0.2, 0.25) is 0 Å². The summed E-state index contributed by atoms with van der Waals surface area (Å²) in [4.78, 5) is 13.3. The van der Waals surface area contributed by atoms with Gasteiger partial charge in [0.2, 0.25) is 0 Å². The van der Waals surface area contributed by atoms with Crippen LogP contribution in [0.3, 0.4) is 0 Å². The second-order valence-corrected chi connectivity index (χ2v) is 5.80. The first-order valence-corrected chi connectivity index (χ1v) is 7.56. The Hall–Kier alpha value is -1.51. The molecular formula is C12H18N6OS. The minimum Gasteiger partial charge on any atom is -0.336 e. The van der Waals surface area contributed by atoms with Gasteiger partial charge in [0.25, 0.3) is 11.8 Å². The van der Waals surface area contributed by atoms with Crippen LogP contribution in [-0.2, 0) is 6.42 Å². The molecule has 2 aromatic rings. The average molecular weight is 294 g/mol. The second-order valence-electron chi connectivity index (χ2n) is 4.86. The van der Waals surface area contributed by atoms with Gasteiger partial charge in [0.05, 0.1) is 5.01 Å². The lowest BCUT2D eigenvalue weighted by Gasteiger charge is -2.31. The van der Waals surface area contributed by atoms with Crippen molar-refractivity contribution >= 4 is 17.3 Å². The van der Waals surface area contributed by atoms with Gasteiger partial charge in [0.1, 0.15) is 5.69 Å². The molecule has 0 spiro atoms.